The van der Waals surface area contributed by atoms with Crippen molar-refractivity contribution in [2.24, 2.45) is 0 Å². The maximum absolute atomic E-state index is 12.4. The second-order valence-corrected chi connectivity index (χ2v) is 6.90. The van der Waals surface area contributed by atoms with Gasteiger partial charge in [0.1, 0.15) is 5.75 Å². The number of fused-ring (bicyclic) bond motifs is 1. The highest BCUT2D eigenvalue weighted by molar-refractivity contribution is 8.00. The van der Waals surface area contributed by atoms with Crippen molar-refractivity contribution in [3.05, 3.63) is 47.6 Å². The number of aromatic nitrogens is 3. The molecule has 0 aliphatic carbocycles. The zero-order chi connectivity index (χ0) is 18.7. The van der Waals surface area contributed by atoms with Crippen LogP contribution in [0.1, 0.15) is 6.92 Å². The summed E-state index contributed by atoms with van der Waals surface area (Å²) in [6, 6.07) is 9.56. The molecule has 10 heteroatoms. The van der Waals surface area contributed by atoms with E-state index in [1.54, 1.807) is 11.3 Å². The van der Waals surface area contributed by atoms with E-state index in [9.17, 15) is 13.6 Å². The van der Waals surface area contributed by atoms with E-state index in [1.165, 1.54) is 30.0 Å². The fraction of sp³-hybridized carbons (Fsp3) is 0.188. The van der Waals surface area contributed by atoms with E-state index in [-0.39, 0.29) is 16.7 Å². The summed E-state index contributed by atoms with van der Waals surface area (Å²) in [7, 11) is 0. The highest BCUT2D eigenvalue weighted by atomic mass is 35.5. The molecule has 6 nitrogen and oxygen atoms in total. The van der Waals surface area contributed by atoms with Crippen LogP contribution in [0.15, 0.2) is 47.8 Å². The number of nitrogens with one attached hydrogen (secondary N) is 1. The van der Waals surface area contributed by atoms with Crippen molar-refractivity contribution in [2.45, 2.75) is 23.9 Å². The lowest BCUT2D eigenvalue weighted by Gasteiger charge is -2.12. The van der Waals surface area contributed by atoms with Crippen molar-refractivity contribution in [1.82, 2.24) is 14.6 Å². The fourth-order valence-electron chi connectivity index (χ4n) is 2.13. The Labute approximate surface area is 156 Å². The Hall–Kier alpha value is -2.39. The van der Waals surface area contributed by atoms with Crippen molar-refractivity contribution in [3.8, 4) is 5.75 Å². The topological polar surface area (TPSA) is 68.5 Å². The molecule has 26 heavy (non-hydrogen) atoms. The molecular weight excluding hydrogens is 386 g/mol. The maximum atomic E-state index is 12.4. The molecule has 1 amide bonds. The molecular formula is C16H13ClF2N4O2S. The number of anilines is 1. The monoisotopic (exact) mass is 398 g/mol. The molecule has 3 aromatic rings. The zero-order valence-corrected chi connectivity index (χ0v) is 15.0. The number of pyridine rings is 1. The Morgan fingerprint density at radius 3 is 2.85 bits per heavy atom. The SMILES string of the molecule is CC(Sc1nnc2ccccn12)C(=O)Nc1ccc(OC(F)F)c(Cl)c1. The number of ether oxygens (including phenoxy) is 1. The number of alkyl halides is 2. The van der Waals surface area contributed by atoms with Gasteiger partial charge in [0.2, 0.25) is 5.91 Å². The molecule has 1 N–H and O–H groups in total. The minimum atomic E-state index is -2.97. The Bertz CT molecular complexity index is 938. The van der Waals surface area contributed by atoms with E-state index in [0.717, 1.165) is 0 Å². The van der Waals surface area contributed by atoms with Crippen LogP contribution >= 0.6 is 23.4 Å². The summed E-state index contributed by atoms with van der Waals surface area (Å²) in [5.41, 5.74) is 1.06. The van der Waals surface area contributed by atoms with E-state index in [4.69, 9.17) is 11.6 Å². The van der Waals surface area contributed by atoms with Gasteiger partial charge in [0.05, 0.1) is 10.3 Å². The molecule has 0 radical (unpaired) electrons. The lowest BCUT2D eigenvalue weighted by atomic mass is 10.3. The molecule has 0 bridgehead atoms. The Morgan fingerprint density at radius 2 is 2.12 bits per heavy atom. The van der Waals surface area contributed by atoms with Crippen molar-refractivity contribution in [1.29, 1.82) is 0 Å². The molecule has 1 atom stereocenters. The quantitative estimate of drug-likeness (QED) is 0.633. The van der Waals surface area contributed by atoms with E-state index < -0.39 is 11.9 Å². The lowest BCUT2D eigenvalue weighted by Crippen LogP contribution is -2.22. The van der Waals surface area contributed by atoms with Gasteiger partial charge in [0.25, 0.3) is 0 Å². The zero-order valence-electron chi connectivity index (χ0n) is 13.4. The Morgan fingerprint density at radius 1 is 1.31 bits per heavy atom. The van der Waals surface area contributed by atoms with Crippen LogP contribution in [-0.4, -0.2) is 32.4 Å². The summed E-state index contributed by atoms with van der Waals surface area (Å²) in [4.78, 5) is 12.4. The molecule has 1 aromatic carbocycles. The van der Waals surface area contributed by atoms with Gasteiger partial charge in [0, 0.05) is 11.9 Å². The lowest BCUT2D eigenvalue weighted by molar-refractivity contribution is -0.115. The predicted molar refractivity (Wildman–Crippen MR) is 95.0 cm³/mol. The van der Waals surface area contributed by atoms with Gasteiger partial charge in [-0.15, -0.1) is 10.2 Å². The predicted octanol–water partition coefficient (Wildman–Crippen LogP) is 4.10. The minimum absolute atomic E-state index is 0.0214. The first-order valence-electron chi connectivity index (χ1n) is 7.45. The number of carbonyl (C=O) groups excluding carboxylic acids is 1. The number of nitrogens with zero attached hydrogens (tertiary/aromatic N) is 3. The third-order valence-electron chi connectivity index (χ3n) is 3.35. The molecule has 0 aliphatic rings. The van der Waals surface area contributed by atoms with Gasteiger partial charge in [-0.2, -0.15) is 8.78 Å². The number of hydrogen-bond acceptors (Lipinski definition) is 5. The third-order valence-corrected chi connectivity index (χ3v) is 4.70. The van der Waals surface area contributed by atoms with E-state index in [0.29, 0.717) is 16.5 Å². The number of carbonyl (C=O) groups is 1. The van der Waals surface area contributed by atoms with Crippen molar-refractivity contribution in [3.63, 3.8) is 0 Å². The van der Waals surface area contributed by atoms with Crippen LogP contribution in [-0.2, 0) is 4.79 Å². The molecule has 0 saturated carbocycles. The highest BCUT2D eigenvalue weighted by Gasteiger charge is 2.18. The largest absolute Gasteiger partial charge is 0.433 e. The molecule has 0 fully saturated rings. The van der Waals surface area contributed by atoms with Crippen LogP contribution in [0.4, 0.5) is 14.5 Å². The fourth-order valence-corrected chi connectivity index (χ4v) is 3.19. The molecule has 0 spiro atoms. The van der Waals surface area contributed by atoms with E-state index in [1.807, 2.05) is 24.4 Å². The second kappa shape index (κ2) is 7.88. The molecule has 2 aromatic heterocycles. The molecule has 0 aliphatic heterocycles. The standard InChI is InChI=1S/C16H13ClF2N4O2S/c1-9(26-16-22-21-13-4-2-3-7-23(13)16)14(24)20-10-5-6-12(11(17)8-10)25-15(18)19/h2-9,15H,1H3,(H,20,24). The van der Waals surface area contributed by atoms with Gasteiger partial charge in [-0.3, -0.25) is 9.20 Å². The van der Waals surface area contributed by atoms with Crippen molar-refractivity contribution < 1.29 is 18.3 Å². The number of hydrogen-bond donors (Lipinski definition) is 1. The van der Waals surface area contributed by atoms with Crippen molar-refractivity contribution in [2.75, 3.05) is 5.32 Å². The summed E-state index contributed by atoms with van der Waals surface area (Å²) < 4.78 is 30.5. The van der Waals surface area contributed by atoms with Gasteiger partial charge in [-0.1, -0.05) is 29.4 Å². The van der Waals surface area contributed by atoms with E-state index in [2.05, 4.69) is 20.3 Å². The maximum Gasteiger partial charge on any atom is 0.387 e. The number of benzene rings is 1. The number of halogens is 3. The molecule has 3 rings (SSSR count). The Balaban J connectivity index is 1.66. The van der Waals surface area contributed by atoms with Gasteiger partial charge in [0.15, 0.2) is 10.8 Å². The average Bonchev–Trinajstić information content (AvgIpc) is 3.00. The van der Waals surface area contributed by atoms with Crippen LogP contribution in [0.3, 0.4) is 0 Å². The smallest absolute Gasteiger partial charge is 0.387 e. The van der Waals surface area contributed by atoms with Gasteiger partial charge >= 0.3 is 6.61 Å². The van der Waals surface area contributed by atoms with Gasteiger partial charge in [-0.05, 0) is 37.3 Å². The van der Waals surface area contributed by atoms with Crippen LogP contribution in [0.25, 0.3) is 5.65 Å². The summed E-state index contributed by atoms with van der Waals surface area (Å²) in [5.74, 6) is -0.446. The van der Waals surface area contributed by atoms with Crippen LogP contribution < -0.4 is 10.1 Å². The van der Waals surface area contributed by atoms with Gasteiger partial charge < -0.3 is 10.1 Å². The number of rotatable bonds is 6. The molecule has 1 unspecified atom stereocenters. The van der Waals surface area contributed by atoms with Crippen LogP contribution in [0.5, 0.6) is 5.75 Å². The third kappa shape index (κ3) is 4.23. The van der Waals surface area contributed by atoms with Crippen LogP contribution in [0, 0.1) is 0 Å². The number of thioether (sulfide) groups is 1. The van der Waals surface area contributed by atoms with E-state index >= 15 is 0 Å². The summed E-state index contributed by atoms with van der Waals surface area (Å²) in [6.07, 6.45) is 1.81. The normalized spacial score (nSPS) is 12.3. The number of amides is 1. The molecule has 0 saturated heterocycles. The average molecular weight is 399 g/mol. The van der Waals surface area contributed by atoms with Crippen molar-refractivity contribution >= 4 is 40.6 Å². The first-order chi connectivity index (χ1) is 12.4. The summed E-state index contributed by atoms with van der Waals surface area (Å²) in [6.45, 7) is -1.25. The molecule has 2 heterocycles. The summed E-state index contributed by atoms with van der Waals surface area (Å²) in [5, 5.41) is 10.9. The first-order valence-corrected chi connectivity index (χ1v) is 8.71. The Kier molecular flexibility index (Phi) is 5.58. The minimum Gasteiger partial charge on any atom is -0.433 e. The summed E-state index contributed by atoms with van der Waals surface area (Å²) >= 11 is 7.12. The first kappa shape index (κ1) is 18.4. The second-order valence-electron chi connectivity index (χ2n) is 5.18. The highest BCUT2D eigenvalue weighted by Crippen LogP contribution is 2.29. The van der Waals surface area contributed by atoms with Crippen LogP contribution in [0.2, 0.25) is 5.02 Å². The van der Waals surface area contributed by atoms with Gasteiger partial charge in [-0.25, -0.2) is 0 Å². The molecule has 136 valence electrons.